The molecule has 7 rings (SSSR count). The number of hydrogen-bond donors (Lipinski definition) is 3. The number of alkyl halides is 3. The van der Waals surface area contributed by atoms with Crippen LogP contribution in [0.4, 0.5) is 30.2 Å². The summed E-state index contributed by atoms with van der Waals surface area (Å²) in [5, 5.41) is 15.5. The molecule has 0 unspecified atom stereocenters. The molecule has 2 aromatic carbocycles. The Hall–Kier alpha value is -5.46. The van der Waals surface area contributed by atoms with E-state index in [1.54, 1.807) is 30.5 Å². The van der Waals surface area contributed by atoms with E-state index in [-0.39, 0.29) is 67.9 Å². The maximum Gasteiger partial charge on any atom is 0.293 e. The van der Waals surface area contributed by atoms with Crippen molar-refractivity contribution in [1.82, 2.24) is 19.6 Å². The molecular formula is C44H52F3N7O7S. The highest BCUT2D eigenvalue weighted by atomic mass is 32.2. The van der Waals surface area contributed by atoms with E-state index in [0.717, 1.165) is 60.2 Å². The Morgan fingerprint density at radius 2 is 1.84 bits per heavy atom. The van der Waals surface area contributed by atoms with Gasteiger partial charge in [-0.05, 0) is 73.1 Å². The average molecular weight is 880 g/mol. The van der Waals surface area contributed by atoms with Gasteiger partial charge in [0.05, 0.1) is 21.6 Å². The summed E-state index contributed by atoms with van der Waals surface area (Å²) in [4.78, 5) is 36.5. The number of carbonyl (C=O) groups is 1. The average Bonchev–Trinajstić information content (AvgIpc) is 3.71. The highest BCUT2D eigenvalue weighted by Gasteiger charge is 2.34. The molecule has 1 amide bonds. The molecule has 0 saturated carbocycles. The quantitative estimate of drug-likeness (QED) is 0.0728. The van der Waals surface area contributed by atoms with Gasteiger partial charge >= 0.3 is 0 Å². The fourth-order valence-corrected chi connectivity index (χ4v) is 9.20. The number of halogens is 3. The lowest BCUT2D eigenvalue weighted by molar-refractivity contribution is -0.384. The van der Waals surface area contributed by atoms with Crippen molar-refractivity contribution in [2.75, 3.05) is 62.7 Å². The van der Waals surface area contributed by atoms with E-state index in [1.807, 2.05) is 4.72 Å². The number of nitro groups is 1. The van der Waals surface area contributed by atoms with Gasteiger partial charge in [-0.15, -0.1) is 0 Å². The Labute approximate surface area is 358 Å². The Kier molecular flexibility index (Phi) is 13.3. The van der Waals surface area contributed by atoms with Gasteiger partial charge in [-0.25, -0.2) is 31.3 Å². The van der Waals surface area contributed by atoms with E-state index in [1.165, 1.54) is 23.9 Å². The third-order valence-corrected chi connectivity index (χ3v) is 13.3. The topological polar surface area (TPSA) is 172 Å². The largest absolute Gasteiger partial charge is 0.455 e. The summed E-state index contributed by atoms with van der Waals surface area (Å²) in [6.07, 6.45) is 3.81. The molecule has 3 aliphatic rings. The summed E-state index contributed by atoms with van der Waals surface area (Å²) in [7, 11) is -4.66. The SMILES string of the molecule is C=C(CCC(F)F)C1=C(CN2CCN(c3ccc(C(=O)NS(=O)(=O)c4ccc(NCC5(F)CCOCC5)c([N+](=O)[O-])c4)c(Oc4cnc5[nH]ccc5c4)c3)CC2)CCC(C)(C)C1. The molecule has 2 aromatic heterocycles. The van der Waals surface area contributed by atoms with Crippen molar-refractivity contribution in [3.8, 4) is 11.5 Å². The van der Waals surface area contributed by atoms with Crippen LogP contribution in [0.25, 0.3) is 11.0 Å². The first-order valence-electron chi connectivity index (χ1n) is 20.7. The summed E-state index contributed by atoms with van der Waals surface area (Å²) in [5.74, 6) is -0.693. The van der Waals surface area contributed by atoms with E-state index in [2.05, 4.69) is 45.5 Å². The zero-order valence-corrected chi connectivity index (χ0v) is 35.7. The number of pyridine rings is 1. The third-order valence-electron chi connectivity index (χ3n) is 11.9. The number of allylic oxidation sites excluding steroid dienone is 2. The van der Waals surface area contributed by atoms with Crippen molar-refractivity contribution in [2.45, 2.75) is 75.8 Å². The number of rotatable bonds is 16. The number of carbonyl (C=O) groups excluding carboxylic acids is 1. The maximum absolute atomic E-state index is 15.2. The van der Waals surface area contributed by atoms with E-state index in [9.17, 15) is 32.1 Å². The smallest absolute Gasteiger partial charge is 0.293 e. The van der Waals surface area contributed by atoms with Crippen molar-refractivity contribution < 1.29 is 40.8 Å². The first kappa shape index (κ1) is 44.6. The number of piperazine rings is 1. The molecule has 2 fully saturated rings. The van der Waals surface area contributed by atoms with Gasteiger partial charge in [-0.1, -0.05) is 31.6 Å². The van der Waals surface area contributed by atoms with Gasteiger partial charge in [0.2, 0.25) is 6.43 Å². The van der Waals surface area contributed by atoms with Crippen LogP contribution in [0, 0.1) is 15.5 Å². The molecule has 1 aliphatic carbocycles. The molecule has 62 heavy (non-hydrogen) atoms. The van der Waals surface area contributed by atoms with Crippen LogP contribution in [0.1, 0.15) is 69.2 Å². The van der Waals surface area contributed by atoms with Crippen LogP contribution in [-0.2, 0) is 14.8 Å². The lowest BCUT2D eigenvalue weighted by Crippen LogP contribution is -2.47. The number of hydrogen-bond acceptors (Lipinski definition) is 11. The van der Waals surface area contributed by atoms with Crippen LogP contribution in [0.15, 0.2) is 89.1 Å². The molecule has 0 bridgehead atoms. The zero-order chi connectivity index (χ0) is 44.2. The number of aromatic nitrogens is 2. The maximum atomic E-state index is 15.2. The number of ether oxygens (including phenoxy) is 2. The number of benzene rings is 2. The molecule has 3 N–H and O–H groups in total. The van der Waals surface area contributed by atoms with Crippen LogP contribution >= 0.6 is 0 Å². The zero-order valence-electron chi connectivity index (χ0n) is 34.9. The van der Waals surface area contributed by atoms with Crippen molar-refractivity contribution in [3.63, 3.8) is 0 Å². The number of fused-ring (bicyclic) bond motifs is 1. The van der Waals surface area contributed by atoms with Gasteiger partial charge in [0.25, 0.3) is 21.6 Å². The molecule has 14 nitrogen and oxygen atoms in total. The normalized spacial score (nSPS) is 18.2. The monoisotopic (exact) mass is 879 g/mol. The summed E-state index contributed by atoms with van der Waals surface area (Å²) in [5.41, 5.74) is 2.15. The fourth-order valence-electron chi connectivity index (χ4n) is 8.21. The number of aromatic amines is 1. The Morgan fingerprint density at radius 3 is 2.56 bits per heavy atom. The molecule has 0 spiro atoms. The number of H-pyrrole nitrogens is 1. The molecule has 0 atom stereocenters. The van der Waals surface area contributed by atoms with Gasteiger partial charge < -0.3 is 24.7 Å². The minimum Gasteiger partial charge on any atom is -0.455 e. The molecule has 2 saturated heterocycles. The van der Waals surface area contributed by atoms with Gasteiger partial charge in [-0.3, -0.25) is 19.8 Å². The molecule has 18 heteroatoms. The number of nitrogens with one attached hydrogen (secondary N) is 3. The van der Waals surface area contributed by atoms with E-state index >= 15 is 4.39 Å². The number of anilines is 2. The minimum absolute atomic E-state index is 0.0510. The lowest BCUT2D eigenvalue weighted by Gasteiger charge is -2.39. The minimum atomic E-state index is -4.66. The van der Waals surface area contributed by atoms with Crippen molar-refractivity contribution >= 4 is 44.0 Å². The predicted molar refractivity (Wildman–Crippen MR) is 230 cm³/mol. The fraction of sp³-hybridized carbons (Fsp3) is 0.455. The molecule has 4 aromatic rings. The van der Waals surface area contributed by atoms with E-state index in [0.29, 0.717) is 37.6 Å². The number of amides is 1. The molecule has 2 aliphatic heterocycles. The van der Waals surface area contributed by atoms with Crippen molar-refractivity contribution in [1.29, 1.82) is 0 Å². The van der Waals surface area contributed by atoms with Crippen molar-refractivity contribution in [2.24, 2.45) is 5.41 Å². The Balaban J connectivity index is 1.09. The number of sulfonamides is 1. The molecule has 0 radical (unpaired) electrons. The number of nitro benzene ring substituents is 1. The second-order valence-electron chi connectivity index (χ2n) is 17.1. The summed E-state index contributed by atoms with van der Waals surface area (Å²) in [6, 6.07) is 11.5. The predicted octanol–water partition coefficient (Wildman–Crippen LogP) is 8.54. The second-order valence-corrected chi connectivity index (χ2v) is 18.8. The highest BCUT2D eigenvalue weighted by Crippen LogP contribution is 2.43. The Bertz CT molecular complexity index is 2460. The Morgan fingerprint density at radius 1 is 1.08 bits per heavy atom. The van der Waals surface area contributed by atoms with Crippen LogP contribution in [0.3, 0.4) is 0 Å². The van der Waals surface area contributed by atoms with Crippen LogP contribution < -0.4 is 19.7 Å². The highest BCUT2D eigenvalue weighted by molar-refractivity contribution is 7.90. The third kappa shape index (κ3) is 10.8. The molecule has 4 heterocycles. The number of nitrogens with zero attached hydrogens (tertiary/aromatic N) is 4. The van der Waals surface area contributed by atoms with Crippen molar-refractivity contribution in [3.05, 3.63) is 99.9 Å². The van der Waals surface area contributed by atoms with Gasteiger partial charge in [0.1, 0.15) is 28.5 Å². The molecule has 332 valence electrons. The van der Waals surface area contributed by atoms with E-state index in [4.69, 9.17) is 9.47 Å². The first-order chi connectivity index (χ1) is 29.5. The van der Waals surface area contributed by atoms with E-state index < -0.39 is 43.5 Å². The summed E-state index contributed by atoms with van der Waals surface area (Å²) < 4.78 is 82.1. The standard InChI is InChI=1S/C44H52F3N7O7S/c1-29(4-9-40(45)46)36-25-43(2,3)12-10-31(36)27-52-16-18-53(19-17-52)32-5-7-35(39(23-32)61-33-22-30-11-15-48-41(30)49-26-33)42(55)51-62(58,59)34-6-8-37(38(24-34)54(56)57)50-28-44(47)13-20-60-21-14-44/h5-8,11,15,22-24,26,40,50H,1,4,9-10,12-14,16-21,25,27-28H2,2-3H3,(H,48,49)(H,51,55). The van der Waals surface area contributed by atoms with Gasteiger partial charge in [0, 0.05) is 101 Å². The van der Waals surface area contributed by atoms with Gasteiger partial charge in [-0.2, -0.15) is 0 Å². The first-order valence-corrected chi connectivity index (χ1v) is 22.2. The molecular weight excluding hydrogens is 828 g/mol. The second kappa shape index (κ2) is 18.5. The van der Waals surface area contributed by atoms with Gasteiger partial charge in [0.15, 0.2) is 0 Å². The van der Waals surface area contributed by atoms with Crippen LogP contribution in [0.2, 0.25) is 0 Å². The summed E-state index contributed by atoms with van der Waals surface area (Å²) >= 11 is 0. The van der Waals surface area contributed by atoms with Crippen LogP contribution in [0.5, 0.6) is 11.5 Å². The van der Waals surface area contributed by atoms with Crippen LogP contribution in [-0.4, -0.2) is 98.7 Å². The lowest BCUT2D eigenvalue weighted by atomic mass is 9.72. The summed E-state index contributed by atoms with van der Waals surface area (Å²) in [6.45, 7) is 12.2.